The Labute approximate surface area is 105 Å². The summed E-state index contributed by atoms with van der Waals surface area (Å²) < 4.78 is 42.8. The number of ether oxygens (including phenoxy) is 1. The normalized spacial score (nSPS) is 29.3. The fourth-order valence-corrected chi connectivity index (χ4v) is 2.52. The molecule has 0 bridgehead atoms. The molecule has 4 unspecified atom stereocenters. The molecular weight excluding hydrogens is 247 g/mol. The Hall–Kier alpha value is -0.330. The van der Waals surface area contributed by atoms with Gasteiger partial charge in [0.25, 0.3) is 0 Å². The average molecular weight is 269 g/mol. The molecule has 0 aliphatic heterocycles. The van der Waals surface area contributed by atoms with Crippen molar-refractivity contribution >= 4 is 0 Å². The van der Waals surface area contributed by atoms with Gasteiger partial charge >= 0.3 is 6.18 Å². The lowest BCUT2D eigenvalue weighted by Crippen LogP contribution is -2.50. The van der Waals surface area contributed by atoms with E-state index >= 15 is 0 Å². The number of rotatable bonds is 4. The molecular formula is C12H22F3NO2. The largest absolute Gasteiger partial charge is 0.415 e. The smallest absolute Gasteiger partial charge is 0.382 e. The van der Waals surface area contributed by atoms with E-state index in [1.54, 1.807) is 0 Å². The zero-order valence-electron chi connectivity index (χ0n) is 10.8. The number of aliphatic hydroxyl groups excluding tert-OH is 1. The van der Waals surface area contributed by atoms with Crippen LogP contribution in [0.25, 0.3) is 0 Å². The summed E-state index contributed by atoms with van der Waals surface area (Å²) in [6.07, 6.45) is -4.33. The molecule has 0 saturated heterocycles. The van der Waals surface area contributed by atoms with Crippen LogP contribution in [-0.2, 0) is 4.74 Å². The van der Waals surface area contributed by atoms with Gasteiger partial charge in [-0.25, -0.2) is 0 Å². The first-order chi connectivity index (χ1) is 8.21. The van der Waals surface area contributed by atoms with E-state index in [1.807, 2.05) is 13.8 Å². The van der Waals surface area contributed by atoms with Crippen molar-refractivity contribution in [1.82, 2.24) is 0 Å². The molecule has 0 amide bonds. The molecule has 0 heterocycles. The summed E-state index contributed by atoms with van der Waals surface area (Å²) in [5.74, 6) is -0.334. The van der Waals surface area contributed by atoms with Gasteiger partial charge in [0.15, 0.2) is 6.10 Å². The van der Waals surface area contributed by atoms with Crippen LogP contribution < -0.4 is 5.73 Å². The molecule has 1 saturated carbocycles. The van der Waals surface area contributed by atoms with Crippen molar-refractivity contribution in [3.8, 4) is 0 Å². The third-order valence-corrected chi connectivity index (χ3v) is 3.38. The molecule has 1 fully saturated rings. The number of hydrogen-bond donors (Lipinski definition) is 2. The summed E-state index contributed by atoms with van der Waals surface area (Å²) in [5, 5.41) is 9.18. The van der Waals surface area contributed by atoms with E-state index in [9.17, 15) is 18.3 Å². The van der Waals surface area contributed by atoms with E-state index in [2.05, 4.69) is 0 Å². The second kappa shape index (κ2) is 6.21. The fraction of sp³-hybridized carbons (Fsp3) is 1.00. The minimum Gasteiger partial charge on any atom is -0.382 e. The maximum atomic E-state index is 12.4. The average Bonchev–Trinajstić information content (AvgIpc) is 2.25. The Balaban J connectivity index is 2.55. The number of hydrogen-bond acceptors (Lipinski definition) is 3. The van der Waals surface area contributed by atoms with E-state index in [0.29, 0.717) is 12.8 Å². The van der Waals surface area contributed by atoms with E-state index in [1.165, 1.54) is 0 Å². The second-order valence-electron chi connectivity index (χ2n) is 5.30. The molecule has 108 valence electrons. The van der Waals surface area contributed by atoms with Crippen LogP contribution in [0.3, 0.4) is 0 Å². The van der Waals surface area contributed by atoms with Crippen molar-refractivity contribution in [2.75, 3.05) is 0 Å². The third kappa shape index (κ3) is 4.40. The quantitative estimate of drug-likeness (QED) is 0.822. The molecule has 0 spiro atoms. The van der Waals surface area contributed by atoms with Gasteiger partial charge in [0.05, 0.1) is 12.2 Å². The monoisotopic (exact) mass is 269 g/mol. The van der Waals surface area contributed by atoms with Gasteiger partial charge in [0, 0.05) is 6.04 Å². The lowest BCUT2D eigenvalue weighted by molar-refractivity contribution is -0.215. The van der Waals surface area contributed by atoms with Gasteiger partial charge in [0.2, 0.25) is 0 Å². The summed E-state index contributed by atoms with van der Waals surface area (Å²) >= 11 is 0. The lowest BCUT2D eigenvalue weighted by atomic mass is 9.80. The van der Waals surface area contributed by atoms with Gasteiger partial charge < -0.3 is 15.6 Å². The van der Waals surface area contributed by atoms with E-state index in [4.69, 9.17) is 10.5 Å². The van der Waals surface area contributed by atoms with Crippen LogP contribution >= 0.6 is 0 Å². The zero-order chi connectivity index (χ0) is 13.9. The number of nitrogens with two attached hydrogens (primary N) is 1. The highest BCUT2D eigenvalue weighted by Crippen LogP contribution is 2.33. The Morgan fingerprint density at radius 3 is 2.39 bits per heavy atom. The number of halogens is 3. The molecule has 1 aliphatic rings. The predicted molar refractivity (Wildman–Crippen MR) is 62.0 cm³/mol. The maximum absolute atomic E-state index is 12.4. The molecule has 1 rings (SSSR count). The Kier molecular flexibility index (Phi) is 5.43. The van der Waals surface area contributed by atoms with Crippen molar-refractivity contribution in [3.63, 3.8) is 0 Å². The van der Waals surface area contributed by atoms with Gasteiger partial charge in [-0.1, -0.05) is 6.42 Å². The molecule has 0 aromatic heterocycles. The van der Waals surface area contributed by atoms with Crippen LogP contribution in [0.2, 0.25) is 0 Å². The van der Waals surface area contributed by atoms with Crippen molar-refractivity contribution < 1.29 is 23.0 Å². The molecule has 1 aliphatic carbocycles. The van der Waals surface area contributed by atoms with E-state index in [0.717, 1.165) is 12.8 Å². The summed E-state index contributed by atoms with van der Waals surface area (Å²) in [6.45, 7) is 3.79. The van der Waals surface area contributed by atoms with Crippen molar-refractivity contribution in [3.05, 3.63) is 0 Å². The SMILES string of the molecule is CC(C)OC1CCCC(C(N)C(O)C(F)(F)F)C1. The first kappa shape index (κ1) is 15.7. The van der Waals surface area contributed by atoms with Crippen molar-refractivity contribution in [2.24, 2.45) is 11.7 Å². The van der Waals surface area contributed by atoms with Gasteiger partial charge in [-0.05, 0) is 39.0 Å². The molecule has 0 aromatic rings. The summed E-state index contributed by atoms with van der Waals surface area (Å²) in [4.78, 5) is 0. The van der Waals surface area contributed by atoms with Gasteiger partial charge in [-0.2, -0.15) is 13.2 Å². The summed E-state index contributed by atoms with van der Waals surface area (Å²) in [5.41, 5.74) is 5.55. The van der Waals surface area contributed by atoms with Crippen LogP contribution in [0.15, 0.2) is 0 Å². The standard InChI is InChI=1S/C12H22F3NO2/c1-7(2)18-9-5-3-4-8(6-9)10(16)11(17)12(13,14)15/h7-11,17H,3-6,16H2,1-2H3. The molecule has 18 heavy (non-hydrogen) atoms. The molecule has 3 N–H and O–H groups in total. The van der Waals surface area contributed by atoms with E-state index < -0.39 is 18.3 Å². The zero-order valence-corrected chi connectivity index (χ0v) is 10.8. The third-order valence-electron chi connectivity index (χ3n) is 3.38. The number of aliphatic hydroxyl groups is 1. The van der Waals surface area contributed by atoms with Gasteiger partial charge in [-0.15, -0.1) is 0 Å². The van der Waals surface area contributed by atoms with Crippen LogP contribution in [-0.4, -0.2) is 35.6 Å². The predicted octanol–water partition coefficient (Wildman–Crippen LogP) is 2.22. The minimum atomic E-state index is -4.65. The Bertz CT molecular complexity index is 258. The lowest BCUT2D eigenvalue weighted by Gasteiger charge is -2.35. The maximum Gasteiger partial charge on any atom is 0.415 e. The molecule has 4 atom stereocenters. The summed E-state index contributed by atoms with van der Waals surface area (Å²) in [7, 11) is 0. The molecule has 0 aromatic carbocycles. The highest BCUT2D eigenvalue weighted by atomic mass is 19.4. The molecule has 0 radical (unpaired) electrons. The second-order valence-corrected chi connectivity index (χ2v) is 5.30. The highest BCUT2D eigenvalue weighted by Gasteiger charge is 2.45. The first-order valence-electron chi connectivity index (χ1n) is 6.37. The Morgan fingerprint density at radius 1 is 1.28 bits per heavy atom. The van der Waals surface area contributed by atoms with Crippen molar-refractivity contribution in [1.29, 1.82) is 0 Å². The van der Waals surface area contributed by atoms with Crippen molar-refractivity contribution in [2.45, 2.75) is 70.1 Å². The van der Waals surface area contributed by atoms with Crippen LogP contribution in [0.1, 0.15) is 39.5 Å². The minimum absolute atomic E-state index is 0.0461. The van der Waals surface area contributed by atoms with Crippen LogP contribution in [0.5, 0.6) is 0 Å². The fourth-order valence-electron chi connectivity index (χ4n) is 2.52. The van der Waals surface area contributed by atoms with Gasteiger partial charge in [-0.3, -0.25) is 0 Å². The summed E-state index contributed by atoms with van der Waals surface area (Å²) in [6, 6.07) is -1.26. The van der Waals surface area contributed by atoms with Crippen LogP contribution in [0, 0.1) is 5.92 Å². The topological polar surface area (TPSA) is 55.5 Å². The molecule has 3 nitrogen and oxygen atoms in total. The van der Waals surface area contributed by atoms with Crippen LogP contribution in [0.4, 0.5) is 13.2 Å². The first-order valence-corrected chi connectivity index (χ1v) is 6.37. The number of alkyl halides is 3. The molecule has 6 heteroatoms. The highest BCUT2D eigenvalue weighted by molar-refractivity contribution is 4.88. The van der Waals surface area contributed by atoms with E-state index in [-0.39, 0.29) is 18.1 Å². The van der Waals surface area contributed by atoms with Gasteiger partial charge in [0.1, 0.15) is 0 Å². The Morgan fingerprint density at radius 2 is 1.89 bits per heavy atom.